The molecule has 0 aromatic carbocycles. The molecule has 1 aromatic heterocycles. The lowest BCUT2D eigenvalue weighted by molar-refractivity contribution is -0.206. The maximum Gasteiger partial charge on any atom is 0.166 e. The first-order valence-electron chi connectivity index (χ1n) is 11.4. The maximum atomic E-state index is 13.7. The van der Waals surface area contributed by atoms with Gasteiger partial charge in [-0.25, -0.2) is 0 Å². The highest BCUT2D eigenvalue weighted by molar-refractivity contribution is 6.03. The van der Waals surface area contributed by atoms with E-state index in [1.165, 1.54) is 0 Å². The van der Waals surface area contributed by atoms with Gasteiger partial charge in [0.05, 0.1) is 12.5 Å². The van der Waals surface area contributed by atoms with Crippen LogP contribution in [0, 0.1) is 39.4 Å². The summed E-state index contributed by atoms with van der Waals surface area (Å²) >= 11 is 0. The van der Waals surface area contributed by atoms with E-state index in [2.05, 4.69) is 13.8 Å². The van der Waals surface area contributed by atoms with Crippen LogP contribution in [0.4, 0.5) is 0 Å². The molecule has 8 atom stereocenters. The number of allylic oxidation sites excluding steroid dienone is 2. The van der Waals surface area contributed by atoms with Crippen molar-refractivity contribution in [1.82, 2.24) is 0 Å². The fourth-order valence-corrected chi connectivity index (χ4v) is 8.70. The first-order valence-corrected chi connectivity index (χ1v) is 11.4. The Hall–Kier alpha value is -2.01. The first kappa shape index (κ1) is 20.9. The summed E-state index contributed by atoms with van der Waals surface area (Å²) in [5.41, 5.74) is -1.64. The summed E-state index contributed by atoms with van der Waals surface area (Å²) < 4.78 is 5.32. The fourth-order valence-electron chi connectivity index (χ4n) is 8.70. The second kappa shape index (κ2) is 6.06. The minimum Gasteiger partial charge on any atom is -0.472 e. The van der Waals surface area contributed by atoms with E-state index >= 15 is 0 Å². The Morgan fingerprint density at radius 2 is 1.77 bits per heavy atom. The van der Waals surface area contributed by atoms with Crippen LogP contribution in [0.25, 0.3) is 0 Å². The van der Waals surface area contributed by atoms with E-state index in [0.29, 0.717) is 6.42 Å². The molecule has 5 rings (SSSR count). The summed E-state index contributed by atoms with van der Waals surface area (Å²) in [6.45, 7) is 9.80. The van der Waals surface area contributed by atoms with Gasteiger partial charge in [-0.1, -0.05) is 40.7 Å². The molecule has 5 heteroatoms. The van der Waals surface area contributed by atoms with Crippen molar-refractivity contribution in [3.63, 3.8) is 0 Å². The first-order chi connectivity index (χ1) is 14.4. The molecule has 3 fully saturated rings. The lowest BCUT2D eigenvalue weighted by atomic mass is 9.37. The zero-order chi connectivity index (χ0) is 22.6. The Kier molecular flexibility index (Phi) is 4.08. The molecule has 0 radical (unpaired) electrons. The number of furan rings is 1. The van der Waals surface area contributed by atoms with Gasteiger partial charge >= 0.3 is 0 Å². The van der Waals surface area contributed by atoms with Crippen molar-refractivity contribution >= 4 is 17.3 Å². The molecule has 0 saturated heterocycles. The summed E-state index contributed by atoms with van der Waals surface area (Å²) in [7, 11) is 0. The van der Waals surface area contributed by atoms with Crippen LogP contribution in [-0.4, -0.2) is 28.6 Å². The lowest BCUT2D eigenvalue weighted by Gasteiger charge is -2.66. The van der Waals surface area contributed by atoms with Crippen LogP contribution in [0.15, 0.2) is 35.2 Å². The van der Waals surface area contributed by atoms with Crippen LogP contribution < -0.4 is 0 Å². The summed E-state index contributed by atoms with van der Waals surface area (Å²) in [6.07, 6.45) is 7.68. The number of aliphatic hydroxyl groups is 1. The van der Waals surface area contributed by atoms with Crippen molar-refractivity contribution in [2.45, 2.75) is 65.9 Å². The molecular weight excluding hydrogens is 392 g/mol. The molecule has 1 N–H and O–H groups in total. The van der Waals surface area contributed by atoms with E-state index in [4.69, 9.17) is 4.42 Å². The van der Waals surface area contributed by atoms with Crippen LogP contribution in [0.3, 0.4) is 0 Å². The normalized spacial score (nSPS) is 48.3. The molecule has 5 nitrogen and oxygen atoms in total. The topological polar surface area (TPSA) is 84.6 Å². The van der Waals surface area contributed by atoms with Gasteiger partial charge in [0.1, 0.15) is 11.9 Å². The quantitative estimate of drug-likeness (QED) is 0.733. The minimum absolute atomic E-state index is 0.0225. The Bertz CT molecular complexity index is 1000. The molecular formula is C26H32O5. The standard InChI is InChI=1S/C26H32O5/c1-23(2)18(28)7-10-25(4)17-6-9-24(3)15(14-8-11-31-13-14)12-16(27)20(24)26(17,5)22(30)19(29)21(23)25/h7-8,10-11,13,15,17,20-22,30H,6,9,12H2,1-5H3. The Morgan fingerprint density at radius 1 is 1.06 bits per heavy atom. The number of ketones is 3. The Balaban J connectivity index is 1.67. The fraction of sp³-hybridized carbons (Fsp3) is 0.654. The number of fused-ring (bicyclic) bond motifs is 5. The van der Waals surface area contributed by atoms with Crippen LogP contribution in [0.5, 0.6) is 0 Å². The second-order valence-electron chi connectivity index (χ2n) is 11.7. The van der Waals surface area contributed by atoms with Gasteiger partial charge in [0, 0.05) is 34.5 Å². The molecule has 4 aliphatic carbocycles. The van der Waals surface area contributed by atoms with Crippen molar-refractivity contribution in [1.29, 1.82) is 0 Å². The Morgan fingerprint density at radius 3 is 2.42 bits per heavy atom. The number of hydrogen-bond donors (Lipinski definition) is 1. The molecule has 1 heterocycles. The van der Waals surface area contributed by atoms with Crippen molar-refractivity contribution < 1.29 is 23.9 Å². The summed E-state index contributed by atoms with van der Waals surface area (Å²) in [5, 5.41) is 11.5. The van der Waals surface area contributed by atoms with Crippen molar-refractivity contribution in [3.05, 3.63) is 36.3 Å². The summed E-state index contributed by atoms with van der Waals surface area (Å²) in [6, 6.07) is 1.93. The van der Waals surface area contributed by atoms with Crippen molar-refractivity contribution in [2.24, 2.45) is 39.4 Å². The second-order valence-corrected chi connectivity index (χ2v) is 11.7. The predicted octanol–water partition coefficient (Wildman–Crippen LogP) is 4.11. The molecule has 0 spiro atoms. The van der Waals surface area contributed by atoms with E-state index in [0.717, 1.165) is 18.4 Å². The van der Waals surface area contributed by atoms with Gasteiger partial charge in [-0.3, -0.25) is 14.4 Å². The number of carbonyl (C=O) groups is 3. The molecule has 0 aliphatic heterocycles. The average molecular weight is 425 g/mol. The van der Waals surface area contributed by atoms with Crippen LogP contribution in [0.1, 0.15) is 65.4 Å². The third-order valence-corrected chi connectivity index (χ3v) is 9.94. The molecule has 3 saturated carbocycles. The van der Waals surface area contributed by atoms with E-state index in [1.54, 1.807) is 18.6 Å². The number of carbonyl (C=O) groups excluding carboxylic acids is 3. The van der Waals surface area contributed by atoms with Crippen molar-refractivity contribution in [2.75, 3.05) is 0 Å². The number of rotatable bonds is 1. The summed E-state index contributed by atoms with van der Waals surface area (Å²) in [5.74, 6) is -1.27. The van der Waals surface area contributed by atoms with Gasteiger partial charge in [-0.15, -0.1) is 0 Å². The van der Waals surface area contributed by atoms with Gasteiger partial charge in [0.25, 0.3) is 0 Å². The highest BCUT2D eigenvalue weighted by Crippen LogP contribution is 2.72. The minimum atomic E-state index is -1.26. The monoisotopic (exact) mass is 424 g/mol. The number of aliphatic hydroxyl groups excluding tert-OH is 1. The molecule has 1 aromatic rings. The zero-order valence-electron chi connectivity index (χ0n) is 19.0. The van der Waals surface area contributed by atoms with E-state index in [-0.39, 0.29) is 34.6 Å². The average Bonchev–Trinajstić information content (AvgIpc) is 3.30. The van der Waals surface area contributed by atoms with Gasteiger partial charge < -0.3 is 9.52 Å². The third kappa shape index (κ3) is 2.28. The van der Waals surface area contributed by atoms with Gasteiger partial charge in [-0.2, -0.15) is 0 Å². The highest BCUT2D eigenvalue weighted by atomic mass is 16.3. The molecule has 0 amide bonds. The number of Topliss-reactive ketones (excluding diaryl/α,β-unsaturated/α-hetero) is 2. The molecule has 31 heavy (non-hydrogen) atoms. The van der Waals surface area contributed by atoms with E-state index < -0.39 is 34.2 Å². The van der Waals surface area contributed by atoms with Gasteiger partial charge in [0.2, 0.25) is 0 Å². The molecule has 8 unspecified atom stereocenters. The van der Waals surface area contributed by atoms with Gasteiger partial charge in [0.15, 0.2) is 11.6 Å². The van der Waals surface area contributed by atoms with Crippen LogP contribution in [-0.2, 0) is 14.4 Å². The Labute approximate surface area is 183 Å². The third-order valence-electron chi connectivity index (χ3n) is 9.94. The maximum absolute atomic E-state index is 13.7. The lowest BCUT2D eigenvalue weighted by Crippen LogP contribution is -2.70. The largest absolute Gasteiger partial charge is 0.472 e. The SMILES string of the molecule is CC1(C)C(=O)C=CC2(C)C1C(=O)C(O)C1(C)C2CCC2(C)C(c3ccoc3)CC(=O)C21. The van der Waals surface area contributed by atoms with Crippen LogP contribution in [0.2, 0.25) is 0 Å². The van der Waals surface area contributed by atoms with E-state index in [1.807, 2.05) is 32.9 Å². The van der Waals surface area contributed by atoms with Crippen molar-refractivity contribution in [3.8, 4) is 0 Å². The molecule has 4 aliphatic rings. The number of hydrogen-bond acceptors (Lipinski definition) is 5. The highest BCUT2D eigenvalue weighted by Gasteiger charge is 2.74. The molecule has 166 valence electrons. The predicted molar refractivity (Wildman–Crippen MR) is 114 cm³/mol. The van der Waals surface area contributed by atoms with E-state index in [9.17, 15) is 19.5 Å². The zero-order valence-corrected chi connectivity index (χ0v) is 19.0. The molecule has 0 bridgehead atoms. The van der Waals surface area contributed by atoms with Gasteiger partial charge in [-0.05, 0) is 47.8 Å². The smallest absolute Gasteiger partial charge is 0.166 e. The van der Waals surface area contributed by atoms with Crippen LogP contribution >= 0.6 is 0 Å². The summed E-state index contributed by atoms with van der Waals surface area (Å²) in [4.78, 5) is 40.0.